The normalized spacial score (nSPS) is 15.9. The summed E-state index contributed by atoms with van der Waals surface area (Å²) in [6, 6.07) is 23.2. The molecule has 5 nitrogen and oxygen atoms in total. The second-order valence-electron chi connectivity index (χ2n) is 11.6. The van der Waals surface area contributed by atoms with Crippen molar-refractivity contribution in [3.63, 3.8) is 0 Å². The fraction of sp³-hybridized carbons (Fsp3) is 0.300. The molecule has 0 saturated heterocycles. The molecule has 6 rings (SSSR count). The average Bonchev–Trinajstić information content (AvgIpc) is 3.42. The van der Waals surface area contributed by atoms with Crippen LogP contribution < -0.4 is 14.2 Å². The number of fused-ring (bicyclic) bond motifs is 5. The van der Waals surface area contributed by atoms with Gasteiger partial charge in [-0.1, -0.05) is 68.5 Å². The Kier molecular flexibility index (Phi) is 8.84. The van der Waals surface area contributed by atoms with Crippen molar-refractivity contribution in [1.82, 2.24) is 0 Å². The second-order valence-corrected chi connectivity index (χ2v) is 11.6. The average molecular weight is 603 g/mol. The highest BCUT2D eigenvalue weighted by atomic mass is 16.5. The summed E-state index contributed by atoms with van der Waals surface area (Å²) in [5.74, 6) is 2.46. The van der Waals surface area contributed by atoms with Crippen LogP contribution in [0.1, 0.15) is 70.9 Å². The fourth-order valence-corrected chi connectivity index (χ4v) is 7.21. The number of ether oxygens (including phenoxy) is 4. The third-order valence-corrected chi connectivity index (χ3v) is 9.37. The second kappa shape index (κ2) is 13.0. The van der Waals surface area contributed by atoms with Crippen molar-refractivity contribution in [3.05, 3.63) is 123 Å². The summed E-state index contributed by atoms with van der Waals surface area (Å²) in [6.45, 7) is 4.64. The zero-order valence-corrected chi connectivity index (χ0v) is 26.9. The third-order valence-electron chi connectivity index (χ3n) is 9.37. The fourth-order valence-electron chi connectivity index (χ4n) is 7.21. The number of rotatable bonds is 11. The van der Waals surface area contributed by atoms with Gasteiger partial charge in [0.1, 0.15) is 23.4 Å². The number of hydrogen-bond donors (Lipinski definition) is 1. The quantitative estimate of drug-likeness (QED) is 0.187. The summed E-state index contributed by atoms with van der Waals surface area (Å²) < 4.78 is 23.2. The molecule has 0 aromatic heterocycles. The molecule has 1 unspecified atom stereocenters. The van der Waals surface area contributed by atoms with Crippen molar-refractivity contribution in [3.8, 4) is 28.4 Å². The van der Waals surface area contributed by atoms with Crippen LogP contribution in [-0.2, 0) is 23.0 Å². The molecule has 1 N–H and O–H groups in total. The minimum Gasteiger partial charge on any atom is -0.497 e. The van der Waals surface area contributed by atoms with Crippen LogP contribution in [0.25, 0.3) is 23.3 Å². The van der Waals surface area contributed by atoms with Gasteiger partial charge in [0.2, 0.25) is 0 Å². The van der Waals surface area contributed by atoms with Crippen molar-refractivity contribution < 1.29 is 24.1 Å². The molecule has 232 valence electrons. The molecule has 0 bridgehead atoms. The van der Waals surface area contributed by atoms with Gasteiger partial charge in [0.15, 0.2) is 0 Å². The standard InChI is InChI=1S/C40H42O5/c1-6-8-9-32-31(7-2)36-25-40(26-10-14-28(42-3)15-11-26,27-12-16-29(43-4)17-13-27)21-20-34(36)38-37(32)33-19-18-30(44-5)24-35(33)39(38)45-23-22-41/h8-21,24,39,41H,6-7,22-23,25H2,1-5H3/b9-8-. The van der Waals surface area contributed by atoms with Crippen LogP contribution in [0, 0.1) is 0 Å². The smallest absolute Gasteiger partial charge is 0.119 e. The highest BCUT2D eigenvalue weighted by Crippen LogP contribution is 2.55. The molecule has 2 aliphatic carbocycles. The van der Waals surface area contributed by atoms with E-state index in [9.17, 15) is 5.11 Å². The molecule has 1 atom stereocenters. The summed E-state index contributed by atoms with van der Waals surface area (Å²) in [5, 5.41) is 9.82. The van der Waals surface area contributed by atoms with E-state index in [1.165, 1.54) is 44.5 Å². The number of methoxy groups -OCH3 is 3. The Bertz CT molecular complexity index is 1680. The monoisotopic (exact) mass is 602 g/mol. The molecule has 0 heterocycles. The summed E-state index contributed by atoms with van der Waals surface area (Å²) >= 11 is 0. The minimum atomic E-state index is -0.411. The van der Waals surface area contributed by atoms with Crippen molar-refractivity contribution in [2.75, 3.05) is 34.5 Å². The molecular weight excluding hydrogens is 560 g/mol. The zero-order valence-electron chi connectivity index (χ0n) is 26.9. The third kappa shape index (κ3) is 5.24. The molecule has 4 aromatic carbocycles. The molecule has 4 aromatic rings. The van der Waals surface area contributed by atoms with Crippen molar-refractivity contribution in [2.45, 2.75) is 44.6 Å². The summed E-state index contributed by atoms with van der Waals surface area (Å²) in [7, 11) is 5.10. The maximum atomic E-state index is 9.82. The van der Waals surface area contributed by atoms with Gasteiger partial charge >= 0.3 is 0 Å². The van der Waals surface area contributed by atoms with Gasteiger partial charge in [-0.2, -0.15) is 0 Å². The Balaban J connectivity index is 1.64. The SMILES string of the molecule is CC/C=C\c1c(CC)c2c(c3c1-c1ccc(OC)cc1C3OCCO)C=CC(c1ccc(OC)cc1)(c1ccc(OC)cc1)C2. The van der Waals surface area contributed by atoms with Crippen LogP contribution in [0.5, 0.6) is 17.2 Å². The van der Waals surface area contributed by atoms with Gasteiger partial charge in [0, 0.05) is 11.0 Å². The minimum absolute atomic E-state index is 0.0448. The van der Waals surface area contributed by atoms with Crippen molar-refractivity contribution >= 4 is 12.2 Å². The highest BCUT2D eigenvalue weighted by molar-refractivity contribution is 5.92. The van der Waals surface area contributed by atoms with Crippen LogP contribution in [0.3, 0.4) is 0 Å². The molecular formula is C40H42O5. The molecule has 0 amide bonds. The molecule has 0 aliphatic heterocycles. The van der Waals surface area contributed by atoms with Gasteiger partial charge in [-0.25, -0.2) is 0 Å². The lowest BCUT2D eigenvalue weighted by Crippen LogP contribution is -2.32. The Hall–Kier alpha value is -4.32. The van der Waals surface area contributed by atoms with Crippen LogP contribution in [0.4, 0.5) is 0 Å². The Morgan fingerprint density at radius 3 is 2.02 bits per heavy atom. The number of aliphatic hydroxyl groups is 1. The van der Waals surface area contributed by atoms with Gasteiger partial charge in [0.25, 0.3) is 0 Å². The van der Waals surface area contributed by atoms with Crippen molar-refractivity contribution in [2.24, 2.45) is 0 Å². The van der Waals surface area contributed by atoms with Crippen LogP contribution in [0.2, 0.25) is 0 Å². The molecule has 0 saturated carbocycles. The number of hydrogen-bond acceptors (Lipinski definition) is 5. The first kappa shape index (κ1) is 30.7. The predicted octanol–water partition coefficient (Wildman–Crippen LogP) is 8.33. The molecule has 45 heavy (non-hydrogen) atoms. The van der Waals surface area contributed by atoms with Crippen LogP contribution in [-0.4, -0.2) is 39.6 Å². The van der Waals surface area contributed by atoms with E-state index in [4.69, 9.17) is 18.9 Å². The van der Waals surface area contributed by atoms with E-state index in [1.54, 1.807) is 21.3 Å². The van der Waals surface area contributed by atoms with Gasteiger partial charge in [-0.15, -0.1) is 0 Å². The zero-order chi connectivity index (χ0) is 31.6. The van der Waals surface area contributed by atoms with Crippen LogP contribution >= 0.6 is 0 Å². The van der Waals surface area contributed by atoms with E-state index in [2.05, 4.69) is 74.5 Å². The van der Waals surface area contributed by atoms with E-state index >= 15 is 0 Å². The molecule has 5 heteroatoms. The number of benzene rings is 4. The van der Waals surface area contributed by atoms with E-state index in [-0.39, 0.29) is 19.3 Å². The molecule has 0 spiro atoms. The maximum absolute atomic E-state index is 9.82. The number of aliphatic hydroxyl groups excluding tert-OH is 1. The topological polar surface area (TPSA) is 57.2 Å². The largest absolute Gasteiger partial charge is 0.497 e. The van der Waals surface area contributed by atoms with E-state index in [1.807, 2.05) is 30.3 Å². The molecule has 2 aliphatic rings. The van der Waals surface area contributed by atoms with Crippen LogP contribution in [0.15, 0.2) is 78.9 Å². The Morgan fingerprint density at radius 2 is 1.47 bits per heavy atom. The molecule has 0 radical (unpaired) electrons. The lowest BCUT2D eigenvalue weighted by atomic mass is 9.65. The van der Waals surface area contributed by atoms with Gasteiger partial charge in [-0.3, -0.25) is 0 Å². The van der Waals surface area contributed by atoms with Gasteiger partial charge in [-0.05, 0) is 106 Å². The van der Waals surface area contributed by atoms with Crippen molar-refractivity contribution in [1.29, 1.82) is 0 Å². The van der Waals surface area contributed by atoms with Gasteiger partial charge in [0.05, 0.1) is 34.5 Å². The van der Waals surface area contributed by atoms with E-state index in [0.29, 0.717) is 0 Å². The van der Waals surface area contributed by atoms with E-state index < -0.39 is 5.41 Å². The predicted molar refractivity (Wildman–Crippen MR) is 182 cm³/mol. The summed E-state index contributed by atoms with van der Waals surface area (Å²) in [4.78, 5) is 0. The Morgan fingerprint density at radius 1 is 0.844 bits per heavy atom. The lowest BCUT2D eigenvalue weighted by Gasteiger charge is -2.38. The lowest BCUT2D eigenvalue weighted by molar-refractivity contribution is 0.0521. The Labute approximate surface area is 266 Å². The first-order valence-electron chi connectivity index (χ1n) is 15.8. The van der Waals surface area contributed by atoms with Gasteiger partial charge < -0.3 is 24.1 Å². The molecule has 0 fully saturated rings. The highest BCUT2D eigenvalue weighted by Gasteiger charge is 2.41. The first-order valence-corrected chi connectivity index (χ1v) is 15.8. The maximum Gasteiger partial charge on any atom is 0.119 e. The van der Waals surface area contributed by atoms with E-state index in [0.717, 1.165) is 47.6 Å². The summed E-state index contributed by atoms with van der Waals surface area (Å²) in [6.07, 6.45) is 11.5. The summed E-state index contributed by atoms with van der Waals surface area (Å²) in [5.41, 5.74) is 11.8. The number of allylic oxidation sites excluding steroid dienone is 2. The first-order chi connectivity index (χ1) is 22.0.